The first kappa shape index (κ1) is 7.92. The molecule has 10 heavy (non-hydrogen) atoms. The molecule has 1 unspecified atom stereocenters. The molecule has 3 heteroatoms. The van der Waals surface area contributed by atoms with Crippen molar-refractivity contribution in [2.75, 3.05) is 0 Å². The normalized spacial score (nSPS) is 37.8. The Morgan fingerprint density at radius 3 is 1.80 bits per heavy atom. The van der Waals surface area contributed by atoms with Crippen molar-refractivity contribution in [1.29, 1.82) is 0 Å². The second kappa shape index (κ2) is 1.91. The maximum absolute atomic E-state index is 12.2. The Balaban J connectivity index is 2.71. The average Bonchev–Trinajstić information content (AvgIpc) is 1.83. The van der Waals surface area contributed by atoms with Crippen molar-refractivity contribution in [3.63, 3.8) is 0 Å². The largest absolute Gasteiger partial charge is 0.320 e. The van der Waals surface area contributed by atoms with E-state index in [1.54, 1.807) is 13.8 Å². The van der Waals surface area contributed by atoms with E-state index < -0.39 is 12.0 Å². The molecule has 0 aromatic carbocycles. The Kier molecular flexibility index (Phi) is 1.51. The van der Waals surface area contributed by atoms with Crippen LogP contribution in [0.2, 0.25) is 0 Å². The quantitative estimate of drug-likeness (QED) is 0.604. The molecule has 1 atom stereocenters. The van der Waals surface area contributed by atoms with E-state index in [-0.39, 0.29) is 5.41 Å². The summed E-state index contributed by atoms with van der Waals surface area (Å²) < 4.78 is 24.5. The Labute approximate surface area is 59.6 Å². The number of nitrogens with two attached hydrogens (primary N) is 1. The minimum absolute atomic E-state index is 0.374. The van der Waals surface area contributed by atoms with Crippen molar-refractivity contribution in [3.05, 3.63) is 0 Å². The van der Waals surface area contributed by atoms with Crippen LogP contribution in [-0.4, -0.2) is 12.0 Å². The summed E-state index contributed by atoms with van der Waals surface area (Å²) in [6, 6.07) is 0. The molecule has 0 aromatic rings. The molecule has 0 aromatic heterocycles. The van der Waals surface area contributed by atoms with Gasteiger partial charge < -0.3 is 5.73 Å². The lowest BCUT2D eigenvalue weighted by Crippen LogP contribution is -2.65. The Morgan fingerprint density at radius 2 is 1.80 bits per heavy atom. The minimum atomic E-state index is -2.38. The van der Waals surface area contributed by atoms with Gasteiger partial charge in [-0.1, -0.05) is 13.8 Å². The summed E-state index contributed by atoms with van der Waals surface area (Å²) in [5, 5.41) is 0. The van der Waals surface area contributed by atoms with Gasteiger partial charge in [0.05, 0.1) is 5.54 Å². The zero-order valence-electron chi connectivity index (χ0n) is 6.32. The Morgan fingerprint density at radius 1 is 1.30 bits per heavy atom. The van der Waals surface area contributed by atoms with E-state index in [0.717, 1.165) is 6.42 Å². The summed E-state index contributed by atoms with van der Waals surface area (Å²) in [5.41, 5.74) is 3.88. The highest BCUT2D eigenvalue weighted by atomic mass is 19.3. The molecule has 1 aliphatic carbocycles. The molecule has 1 aliphatic rings. The van der Waals surface area contributed by atoms with E-state index in [1.807, 2.05) is 0 Å². The van der Waals surface area contributed by atoms with E-state index >= 15 is 0 Å². The van der Waals surface area contributed by atoms with Gasteiger partial charge in [-0.3, -0.25) is 0 Å². The first-order valence-electron chi connectivity index (χ1n) is 3.47. The van der Waals surface area contributed by atoms with Gasteiger partial charge in [-0.05, 0) is 18.3 Å². The van der Waals surface area contributed by atoms with E-state index in [0.29, 0.717) is 6.42 Å². The summed E-state index contributed by atoms with van der Waals surface area (Å²) in [7, 11) is 0. The van der Waals surface area contributed by atoms with Gasteiger partial charge >= 0.3 is 0 Å². The second-order valence-electron chi connectivity index (χ2n) is 3.72. The molecule has 1 nitrogen and oxygen atoms in total. The fraction of sp³-hybridized carbons (Fsp3) is 1.00. The fourth-order valence-electron chi connectivity index (χ4n) is 1.32. The van der Waals surface area contributed by atoms with Crippen LogP contribution in [-0.2, 0) is 0 Å². The van der Waals surface area contributed by atoms with Crippen LogP contribution >= 0.6 is 0 Å². The molecule has 1 rings (SSSR count). The van der Waals surface area contributed by atoms with Crippen molar-refractivity contribution < 1.29 is 8.78 Å². The molecule has 0 radical (unpaired) electrons. The van der Waals surface area contributed by atoms with Crippen molar-refractivity contribution in [2.24, 2.45) is 11.1 Å². The zero-order valence-corrected chi connectivity index (χ0v) is 6.32. The molecule has 2 N–H and O–H groups in total. The van der Waals surface area contributed by atoms with Crippen molar-refractivity contribution >= 4 is 0 Å². The molecule has 0 amide bonds. The third-order valence-corrected chi connectivity index (χ3v) is 2.81. The number of alkyl halides is 2. The van der Waals surface area contributed by atoms with Crippen LogP contribution in [0, 0.1) is 5.41 Å². The van der Waals surface area contributed by atoms with Gasteiger partial charge in [0.2, 0.25) is 0 Å². The molecule has 0 heterocycles. The van der Waals surface area contributed by atoms with Crippen LogP contribution in [0.1, 0.15) is 26.7 Å². The smallest absolute Gasteiger partial charge is 0.256 e. The minimum Gasteiger partial charge on any atom is -0.320 e. The lowest BCUT2D eigenvalue weighted by molar-refractivity contribution is -0.0860. The fourth-order valence-corrected chi connectivity index (χ4v) is 1.32. The molecule has 0 saturated heterocycles. The maximum atomic E-state index is 12.2. The van der Waals surface area contributed by atoms with Gasteiger partial charge in [0, 0.05) is 0 Å². The summed E-state index contributed by atoms with van der Waals surface area (Å²) in [6.07, 6.45) is -1.11. The summed E-state index contributed by atoms with van der Waals surface area (Å²) in [6.45, 7) is 3.59. The molecule has 0 aliphatic heterocycles. The Bertz CT molecular complexity index is 145. The number of hydrogen-bond acceptors (Lipinski definition) is 1. The predicted molar refractivity (Wildman–Crippen MR) is 35.9 cm³/mol. The topological polar surface area (TPSA) is 26.0 Å². The summed E-state index contributed by atoms with van der Waals surface area (Å²) in [4.78, 5) is 0. The van der Waals surface area contributed by atoms with Gasteiger partial charge in [-0.15, -0.1) is 0 Å². The summed E-state index contributed by atoms with van der Waals surface area (Å²) in [5.74, 6) is 0. The van der Waals surface area contributed by atoms with Crippen molar-refractivity contribution in [1.82, 2.24) is 0 Å². The summed E-state index contributed by atoms with van der Waals surface area (Å²) >= 11 is 0. The van der Waals surface area contributed by atoms with Crippen LogP contribution in [0.25, 0.3) is 0 Å². The third-order valence-electron chi connectivity index (χ3n) is 2.81. The van der Waals surface area contributed by atoms with Crippen LogP contribution in [0.3, 0.4) is 0 Å². The van der Waals surface area contributed by atoms with Crippen LogP contribution in [0.5, 0.6) is 0 Å². The van der Waals surface area contributed by atoms with Crippen LogP contribution in [0.15, 0.2) is 0 Å². The molecule has 1 saturated carbocycles. The highest BCUT2D eigenvalue weighted by Gasteiger charge is 2.56. The Hall–Kier alpha value is -0.180. The van der Waals surface area contributed by atoms with Gasteiger partial charge in [0.25, 0.3) is 6.43 Å². The van der Waals surface area contributed by atoms with Gasteiger partial charge in [0.15, 0.2) is 0 Å². The SMILES string of the molecule is CC1(C)CCC1(N)C(F)F. The first-order chi connectivity index (χ1) is 4.40. The molecule has 60 valence electrons. The predicted octanol–water partition coefficient (Wildman–Crippen LogP) is 1.77. The van der Waals surface area contributed by atoms with E-state index in [1.165, 1.54) is 0 Å². The van der Waals surface area contributed by atoms with Crippen LogP contribution in [0.4, 0.5) is 8.78 Å². The lowest BCUT2D eigenvalue weighted by Gasteiger charge is -2.53. The number of halogens is 2. The highest BCUT2D eigenvalue weighted by molar-refractivity contribution is 5.08. The monoisotopic (exact) mass is 149 g/mol. The van der Waals surface area contributed by atoms with E-state index in [2.05, 4.69) is 0 Å². The number of rotatable bonds is 1. The zero-order chi connectivity index (χ0) is 7.99. The first-order valence-corrected chi connectivity index (χ1v) is 3.47. The lowest BCUT2D eigenvalue weighted by atomic mass is 9.57. The van der Waals surface area contributed by atoms with E-state index in [9.17, 15) is 8.78 Å². The molecular formula is C7H13F2N. The third kappa shape index (κ3) is 0.764. The van der Waals surface area contributed by atoms with E-state index in [4.69, 9.17) is 5.73 Å². The van der Waals surface area contributed by atoms with Gasteiger partial charge in [-0.25, -0.2) is 8.78 Å². The van der Waals surface area contributed by atoms with Crippen molar-refractivity contribution in [2.45, 2.75) is 38.7 Å². The maximum Gasteiger partial charge on any atom is 0.256 e. The van der Waals surface area contributed by atoms with Gasteiger partial charge in [0.1, 0.15) is 0 Å². The standard InChI is InChI=1S/C7H13F2N/c1-6(2)3-4-7(6,10)5(8)9/h5H,3-4,10H2,1-2H3. The van der Waals surface area contributed by atoms with Crippen LogP contribution < -0.4 is 5.73 Å². The van der Waals surface area contributed by atoms with Crippen molar-refractivity contribution in [3.8, 4) is 0 Å². The molecule has 0 bridgehead atoms. The molecule has 0 spiro atoms. The average molecular weight is 149 g/mol. The second-order valence-corrected chi connectivity index (χ2v) is 3.72. The highest BCUT2D eigenvalue weighted by Crippen LogP contribution is 2.50. The number of hydrogen-bond donors (Lipinski definition) is 1. The molecule has 1 fully saturated rings. The molecular weight excluding hydrogens is 136 g/mol. The van der Waals surface area contributed by atoms with Gasteiger partial charge in [-0.2, -0.15) is 0 Å².